The van der Waals surface area contributed by atoms with Gasteiger partial charge in [0.25, 0.3) is 0 Å². The lowest BCUT2D eigenvalue weighted by Gasteiger charge is -2.41. The average Bonchev–Trinajstić information content (AvgIpc) is 2.28. The molecule has 1 heterocycles. The smallest absolute Gasteiger partial charge is 0.119 e. The number of rotatable bonds is 4. The van der Waals surface area contributed by atoms with Crippen molar-refractivity contribution < 1.29 is 4.74 Å². The van der Waals surface area contributed by atoms with Crippen molar-refractivity contribution in [1.82, 2.24) is 0 Å². The maximum absolute atomic E-state index is 5.61. The standard InChI is InChI=1S/C17H27NO/c1-6-19-14-7-8-16-15(9-14)13(4)11-17(5,18-16)10-12(2)3/h7-9,12-13,18H,6,10-11H2,1-5H3. The summed E-state index contributed by atoms with van der Waals surface area (Å²) in [6.07, 6.45) is 2.40. The highest BCUT2D eigenvalue weighted by molar-refractivity contribution is 5.59. The molecule has 106 valence electrons. The summed E-state index contributed by atoms with van der Waals surface area (Å²) in [4.78, 5) is 0. The Kier molecular flexibility index (Phi) is 4.07. The van der Waals surface area contributed by atoms with Gasteiger partial charge in [0.1, 0.15) is 5.75 Å². The van der Waals surface area contributed by atoms with Gasteiger partial charge in [0.05, 0.1) is 6.61 Å². The Morgan fingerprint density at radius 1 is 1.42 bits per heavy atom. The van der Waals surface area contributed by atoms with Crippen molar-refractivity contribution in [2.45, 2.75) is 58.9 Å². The van der Waals surface area contributed by atoms with E-state index in [4.69, 9.17) is 4.74 Å². The Morgan fingerprint density at radius 2 is 2.16 bits per heavy atom. The van der Waals surface area contributed by atoms with Crippen LogP contribution < -0.4 is 10.1 Å². The molecule has 2 heteroatoms. The van der Waals surface area contributed by atoms with Crippen LogP contribution >= 0.6 is 0 Å². The fourth-order valence-electron chi connectivity index (χ4n) is 3.52. The molecule has 0 aromatic heterocycles. The molecule has 0 radical (unpaired) electrons. The Labute approximate surface area is 117 Å². The van der Waals surface area contributed by atoms with Crippen LogP contribution in [0.25, 0.3) is 0 Å². The Balaban J connectivity index is 2.25. The summed E-state index contributed by atoms with van der Waals surface area (Å²) >= 11 is 0. The predicted octanol–water partition coefficient (Wildman–Crippen LogP) is 4.81. The number of nitrogens with one attached hydrogen (secondary N) is 1. The van der Waals surface area contributed by atoms with Gasteiger partial charge in [-0.1, -0.05) is 20.8 Å². The van der Waals surface area contributed by atoms with E-state index in [0.29, 0.717) is 11.8 Å². The number of hydrogen-bond acceptors (Lipinski definition) is 2. The van der Waals surface area contributed by atoms with E-state index in [2.05, 4.69) is 51.2 Å². The van der Waals surface area contributed by atoms with Crippen LogP contribution in [-0.2, 0) is 0 Å². The van der Waals surface area contributed by atoms with Crippen molar-refractivity contribution >= 4 is 5.69 Å². The molecule has 0 saturated carbocycles. The number of fused-ring (bicyclic) bond motifs is 1. The lowest BCUT2D eigenvalue weighted by molar-refractivity contribution is 0.333. The predicted molar refractivity (Wildman–Crippen MR) is 82.1 cm³/mol. The number of hydrogen-bond donors (Lipinski definition) is 1. The third-order valence-corrected chi connectivity index (χ3v) is 3.92. The zero-order valence-electron chi connectivity index (χ0n) is 12.9. The Morgan fingerprint density at radius 3 is 2.79 bits per heavy atom. The van der Waals surface area contributed by atoms with Gasteiger partial charge in [-0.3, -0.25) is 0 Å². The molecule has 2 unspecified atom stereocenters. The van der Waals surface area contributed by atoms with Crippen molar-refractivity contribution in [3.8, 4) is 5.75 Å². The van der Waals surface area contributed by atoms with E-state index in [0.717, 1.165) is 12.4 Å². The van der Waals surface area contributed by atoms with E-state index < -0.39 is 0 Å². The minimum Gasteiger partial charge on any atom is -0.494 e. The van der Waals surface area contributed by atoms with Crippen molar-refractivity contribution in [2.75, 3.05) is 11.9 Å². The van der Waals surface area contributed by atoms with E-state index in [1.807, 2.05) is 6.92 Å². The van der Waals surface area contributed by atoms with Crippen molar-refractivity contribution in [1.29, 1.82) is 0 Å². The summed E-state index contributed by atoms with van der Waals surface area (Å²) in [5, 5.41) is 3.75. The zero-order chi connectivity index (χ0) is 14.0. The monoisotopic (exact) mass is 261 g/mol. The van der Waals surface area contributed by atoms with Crippen molar-refractivity contribution in [2.24, 2.45) is 5.92 Å². The average molecular weight is 261 g/mol. The van der Waals surface area contributed by atoms with Crippen LogP contribution in [0.15, 0.2) is 18.2 Å². The maximum atomic E-state index is 5.61. The summed E-state index contributed by atoms with van der Waals surface area (Å²) in [5.41, 5.74) is 2.89. The molecular formula is C17H27NO. The Bertz CT molecular complexity index is 441. The van der Waals surface area contributed by atoms with Crippen LogP contribution in [0.1, 0.15) is 58.9 Å². The molecule has 2 rings (SSSR count). The molecule has 2 atom stereocenters. The van der Waals surface area contributed by atoms with Crippen LogP contribution in [0.3, 0.4) is 0 Å². The van der Waals surface area contributed by atoms with E-state index in [-0.39, 0.29) is 5.54 Å². The molecule has 0 aliphatic carbocycles. The van der Waals surface area contributed by atoms with Crippen LogP contribution in [0.4, 0.5) is 5.69 Å². The van der Waals surface area contributed by atoms with Crippen LogP contribution in [-0.4, -0.2) is 12.1 Å². The first kappa shape index (κ1) is 14.2. The van der Waals surface area contributed by atoms with Crippen molar-refractivity contribution in [3.05, 3.63) is 23.8 Å². The minimum absolute atomic E-state index is 0.216. The topological polar surface area (TPSA) is 21.3 Å². The second-order valence-electron chi connectivity index (χ2n) is 6.57. The molecule has 2 nitrogen and oxygen atoms in total. The minimum atomic E-state index is 0.216. The molecule has 0 spiro atoms. The largest absolute Gasteiger partial charge is 0.494 e. The number of benzene rings is 1. The van der Waals surface area contributed by atoms with Gasteiger partial charge >= 0.3 is 0 Å². The SMILES string of the molecule is CCOc1ccc2c(c1)C(C)CC(C)(CC(C)C)N2. The summed E-state index contributed by atoms with van der Waals surface area (Å²) in [5.74, 6) is 2.29. The third-order valence-electron chi connectivity index (χ3n) is 3.92. The van der Waals surface area contributed by atoms with Gasteiger partial charge in [0.15, 0.2) is 0 Å². The molecule has 0 amide bonds. The van der Waals surface area contributed by atoms with E-state index >= 15 is 0 Å². The summed E-state index contributed by atoms with van der Waals surface area (Å²) in [7, 11) is 0. The second-order valence-corrected chi connectivity index (χ2v) is 6.57. The molecular weight excluding hydrogens is 234 g/mol. The fourth-order valence-corrected chi connectivity index (χ4v) is 3.52. The first-order valence-corrected chi connectivity index (χ1v) is 7.48. The normalized spacial score (nSPS) is 25.9. The highest BCUT2D eigenvalue weighted by Gasteiger charge is 2.33. The summed E-state index contributed by atoms with van der Waals surface area (Å²) < 4.78 is 5.61. The molecule has 0 fully saturated rings. The van der Waals surface area contributed by atoms with Crippen LogP contribution in [0, 0.1) is 5.92 Å². The van der Waals surface area contributed by atoms with E-state index in [1.54, 1.807) is 0 Å². The van der Waals surface area contributed by atoms with Gasteiger partial charge in [-0.15, -0.1) is 0 Å². The van der Waals surface area contributed by atoms with E-state index in [1.165, 1.54) is 24.1 Å². The van der Waals surface area contributed by atoms with Crippen LogP contribution in [0.2, 0.25) is 0 Å². The molecule has 1 aliphatic rings. The molecule has 1 N–H and O–H groups in total. The maximum Gasteiger partial charge on any atom is 0.119 e. The molecule has 19 heavy (non-hydrogen) atoms. The lowest BCUT2D eigenvalue weighted by Crippen LogP contribution is -2.41. The fraction of sp³-hybridized carbons (Fsp3) is 0.647. The number of anilines is 1. The molecule has 1 aromatic rings. The summed E-state index contributed by atoms with van der Waals surface area (Å²) in [6, 6.07) is 6.45. The Hall–Kier alpha value is -1.18. The summed E-state index contributed by atoms with van der Waals surface area (Å²) in [6.45, 7) is 12.0. The van der Waals surface area contributed by atoms with E-state index in [9.17, 15) is 0 Å². The highest BCUT2D eigenvalue weighted by Crippen LogP contribution is 2.42. The van der Waals surface area contributed by atoms with Crippen molar-refractivity contribution in [3.63, 3.8) is 0 Å². The quantitative estimate of drug-likeness (QED) is 0.840. The van der Waals surface area contributed by atoms with Crippen LogP contribution in [0.5, 0.6) is 5.75 Å². The zero-order valence-corrected chi connectivity index (χ0v) is 12.9. The van der Waals surface area contributed by atoms with Gasteiger partial charge < -0.3 is 10.1 Å². The molecule has 0 saturated heterocycles. The first-order valence-electron chi connectivity index (χ1n) is 7.48. The molecule has 1 aliphatic heterocycles. The van der Waals surface area contributed by atoms with Gasteiger partial charge in [0, 0.05) is 11.2 Å². The molecule has 1 aromatic carbocycles. The lowest BCUT2D eigenvalue weighted by atomic mass is 9.77. The first-order chi connectivity index (χ1) is 8.93. The van der Waals surface area contributed by atoms with Gasteiger partial charge in [-0.2, -0.15) is 0 Å². The highest BCUT2D eigenvalue weighted by atomic mass is 16.5. The van der Waals surface area contributed by atoms with Gasteiger partial charge in [-0.05, 0) is 62.3 Å². The second kappa shape index (κ2) is 5.44. The number of ether oxygens (including phenoxy) is 1. The van der Waals surface area contributed by atoms with Gasteiger partial charge in [0.2, 0.25) is 0 Å². The molecule has 0 bridgehead atoms. The van der Waals surface area contributed by atoms with Gasteiger partial charge in [-0.25, -0.2) is 0 Å². The third kappa shape index (κ3) is 3.23.